The molecule has 0 radical (unpaired) electrons. The maximum absolute atomic E-state index is 13.0. The van der Waals surface area contributed by atoms with E-state index in [0.29, 0.717) is 25.1 Å². The van der Waals surface area contributed by atoms with E-state index in [9.17, 15) is 21.6 Å². The Morgan fingerprint density at radius 3 is 2.14 bits per heavy atom. The van der Waals surface area contributed by atoms with Crippen molar-refractivity contribution in [2.75, 3.05) is 25.9 Å². The van der Waals surface area contributed by atoms with Crippen molar-refractivity contribution in [3.63, 3.8) is 0 Å². The third-order valence-corrected chi connectivity index (χ3v) is 8.93. The molecule has 1 heterocycles. The molecule has 10 heteroatoms. The maximum Gasteiger partial charge on any atom is 0.243 e. The Bertz CT molecular complexity index is 1420. The highest BCUT2D eigenvalue weighted by molar-refractivity contribution is 7.89. The summed E-state index contributed by atoms with van der Waals surface area (Å²) in [4.78, 5) is 12.6. The van der Waals surface area contributed by atoms with Crippen LogP contribution in [-0.4, -0.2) is 52.9 Å². The Hall–Kier alpha value is -3.05. The van der Waals surface area contributed by atoms with Crippen molar-refractivity contribution in [1.82, 2.24) is 14.3 Å². The molecule has 0 aliphatic carbocycles. The van der Waals surface area contributed by atoms with E-state index in [1.165, 1.54) is 16.4 Å². The molecular weight excluding hydrogens is 510 g/mol. The summed E-state index contributed by atoms with van der Waals surface area (Å²) in [7, 11) is -7.00. The Labute approximate surface area is 218 Å². The SMILES string of the molecule is CS(=O)(=O)NCC1CCN(S(=O)(=O)c2ccc(CC(=O)NCc3ccc(-c4ccccc4)cc3)cc2)C1. The quantitative estimate of drug-likeness (QED) is 0.410. The first kappa shape index (κ1) is 27.0. The van der Waals surface area contributed by atoms with Crippen LogP contribution in [-0.2, 0) is 37.8 Å². The average molecular weight is 542 g/mol. The lowest BCUT2D eigenvalue weighted by molar-refractivity contribution is -0.120. The van der Waals surface area contributed by atoms with Crippen LogP contribution >= 0.6 is 0 Å². The van der Waals surface area contributed by atoms with E-state index in [1.807, 2.05) is 42.5 Å². The number of nitrogens with one attached hydrogen (secondary N) is 2. The second-order valence-electron chi connectivity index (χ2n) is 9.30. The van der Waals surface area contributed by atoms with Gasteiger partial charge in [-0.1, -0.05) is 66.7 Å². The zero-order valence-electron chi connectivity index (χ0n) is 20.6. The predicted octanol–water partition coefficient (Wildman–Crippen LogP) is 2.77. The normalized spacial score (nSPS) is 16.5. The zero-order valence-corrected chi connectivity index (χ0v) is 22.3. The van der Waals surface area contributed by atoms with Gasteiger partial charge < -0.3 is 5.32 Å². The van der Waals surface area contributed by atoms with E-state index in [-0.39, 0.29) is 36.2 Å². The fraction of sp³-hybridized carbons (Fsp3) is 0.296. The lowest BCUT2D eigenvalue weighted by Gasteiger charge is -2.17. The molecule has 1 amide bonds. The van der Waals surface area contributed by atoms with Crippen molar-refractivity contribution >= 4 is 26.0 Å². The minimum atomic E-state index is -3.69. The van der Waals surface area contributed by atoms with Crippen LogP contribution in [0.25, 0.3) is 11.1 Å². The topological polar surface area (TPSA) is 113 Å². The molecule has 1 atom stereocenters. The average Bonchev–Trinajstić information content (AvgIpc) is 3.37. The predicted molar refractivity (Wildman–Crippen MR) is 144 cm³/mol. The molecular formula is C27H31N3O5S2. The number of amides is 1. The van der Waals surface area contributed by atoms with E-state index >= 15 is 0 Å². The first-order valence-corrected chi connectivity index (χ1v) is 15.4. The van der Waals surface area contributed by atoms with Gasteiger partial charge in [-0.05, 0) is 46.7 Å². The molecule has 0 bridgehead atoms. The highest BCUT2D eigenvalue weighted by Gasteiger charge is 2.32. The molecule has 1 aliphatic rings. The summed E-state index contributed by atoms with van der Waals surface area (Å²) in [5.41, 5.74) is 3.95. The van der Waals surface area contributed by atoms with Crippen LogP contribution in [0.15, 0.2) is 83.8 Å². The highest BCUT2D eigenvalue weighted by atomic mass is 32.2. The first-order chi connectivity index (χ1) is 17.6. The number of sulfonamides is 2. The van der Waals surface area contributed by atoms with Crippen molar-refractivity contribution in [2.24, 2.45) is 5.92 Å². The summed E-state index contributed by atoms with van der Waals surface area (Å²) in [5, 5.41) is 2.91. The largest absolute Gasteiger partial charge is 0.352 e. The minimum Gasteiger partial charge on any atom is -0.352 e. The van der Waals surface area contributed by atoms with Crippen LogP contribution in [0.4, 0.5) is 0 Å². The fourth-order valence-electron chi connectivity index (χ4n) is 4.27. The highest BCUT2D eigenvalue weighted by Crippen LogP contribution is 2.24. The minimum absolute atomic E-state index is 0.0676. The molecule has 3 aromatic carbocycles. The molecule has 8 nitrogen and oxygen atoms in total. The Kier molecular flexibility index (Phi) is 8.43. The van der Waals surface area contributed by atoms with Gasteiger partial charge in [-0.2, -0.15) is 4.31 Å². The van der Waals surface area contributed by atoms with Gasteiger partial charge in [0.2, 0.25) is 26.0 Å². The smallest absolute Gasteiger partial charge is 0.243 e. The summed E-state index contributed by atoms with van der Waals surface area (Å²) in [6.45, 7) is 1.23. The maximum atomic E-state index is 13.0. The van der Waals surface area contributed by atoms with Crippen molar-refractivity contribution in [2.45, 2.75) is 24.3 Å². The van der Waals surface area contributed by atoms with Gasteiger partial charge in [0.05, 0.1) is 17.6 Å². The first-order valence-electron chi connectivity index (χ1n) is 12.0. The third-order valence-electron chi connectivity index (χ3n) is 6.36. The van der Waals surface area contributed by atoms with Crippen molar-refractivity contribution in [3.05, 3.63) is 90.0 Å². The van der Waals surface area contributed by atoms with Crippen LogP contribution in [0, 0.1) is 5.92 Å². The van der Waals surface area contributed by atoms with Gasteiger partial charge >= 0.3 is 0 Å². The van der Waals surface area contributed by atoms with Gasteiger partial charge in [0.15, 0.2) is 0 Å². The molecule has 2 N–H and O–H groups in total. The monoisotopic (exact) mass is 541 g/mol. The number of hydrogen-bond acceptors (Lipinski definition) is 5. The number of benzene rings is 3. The van der Waals surface area contributed by atoms with Crippen molar-refractivity contribution in [3.8, 4) is 11.1 Å². The molecule has 3 aromatic rings. The van der Waals surface area contributed by atoms with Gasteiger partial charge in [0.1, 0.15) is 0 Å². The number of carbonyl (C=O) groups is 1. The molecule has 196 valence electrons. The number of hydrogen-bond donors (Lipinski definition) is 2. The van der Waals surface area contributed by atoms with Crippen LogP contribution in [0.2, 0.25) is 0 Å². The molecule has 1 aliphatic heterocycles. The summed E-state index contributed by atoms with van der Waals surface area (Å²) < 4.78 is 52.4. The second-order valence-corrected chi connectivity index (χ2v) is 13.1. The number of carbonyl (C=O) groups excluding carboxylic acids is 1. The number of rotatable bonds is 10. The Morgan fingerprint density at radius 1 is 0.865 bits per heavy atom. The molecule has 1 unspecified atom stereocenters. The number of nitrogens with zero attached hydrogens (tertiary/aromatic N) is 1. The summed E-state index contributed by atoms with van der Waals surface area (Å²) in [6, 6.07) is 24.4. The molecule has 4 rings (SSSR count). The summed E-state index contributed by atoms with van der Waals surface area (Å²) in [5.74, 6) is -0.217. The van der Waals surface area contributed by atoms with Gasteiger partial charge in [0.25, 0.3) is 0 Å². The van der Waals surface area contributed by atoms with Gasteiger partial charge in [0, 0.05) is 26.2 Å². The van der Waals surface area contributed by atoms with Crippen LogP contribution in [0.1, 0.15) is 17.5 Å². The van der Waals surface area contributed by atoms with Crippen LogP contribution in [0.5, 0.6) is 0 Å². The lowest BCUT2D eigenvalue weighted by Crippen LogP contribution is -2.32. The molecule has 37 heavy (non-hydrogen) atoms. The van der Waals surface area contributed by atoms with E-state index in [4.69, 9.17) is 0 Å². The molecule has 1 saturated heterocycles. The van der Waals surface area contributed by atoms with E-state index in [2.05, 4.69) is 22.2 Å². The zero-order chi connectivity index (χ0) is 26.5. The van der Waals surface area contributed by atoms with Gasteiger partial charge in [-0.25, -0.2) is 21.6 Å². The molecule has 0 saturated carbocycles. The van der Waals surface area contributed by atoms with Crippen molar-refractivity contribution in [1.29, 1.82) is 0 Å². The van der Waals surface area contributed by atoms with Crippen LogP contribution < -0.4 is 10.0 Å². The fourth-order valence-corrected chi connectivity index (χ4v) is 6.34. The Balaban J connectivity index is 1.28. The molecule has 0 spiro atoms. The lowest BCUT2D eigenvalue weighted by atomic mass is 10.0. The molecule has 1 fully saturated rings. The van der Waals surface area contributed by atoms with E-state index in [1.54, 1.807) is 12.1 Å². The van der Waals surface area contributed by atoms with E-state index in [0.717, 1.165) is 22.9 Å². The third kappa shape index (κ3) is 7.48. The van der Waals surface area contributed by atoms with Crippen molar-refractivity contribution < 1.29 is 21.6 Å². The molecule has 0 aromatic heterocycles. The second kappa shape index (κ2) is 11.6. The van der Waals surface area contributed by atoms with Gasteiger partial charge in [-0.15, -0.1) is 0 Å². The summed E-state index contributed by atoms with van der Waals surface area (Å²) in [6.07, 6.45) is 1.82. The van der Waals surface area contributed by atoms with E-state index < -0.39 is 20.0 Å². The standard InChI is InChI=1S/C27H31N3O5S2/c1-36(32,33)29-19-23-15-16-30(20-23)37(34,35)26-13-9-21(10-14-26)17-27(31)28-18-22-7-11-25(12-8-22)24-5-3-2-4-6-24/h2-14,23,29H,15-20H2,1H3,(H,28,31). The van der Waals surface area contributed by atoms with Crippen LogP contribution in [0.3, 0.4) is 0 Å². The summed E-state index contributed by atoms with van der Waals surface area (Å²) >= 11 is 0. The van der Waals surface area contributed by atoms with Gasteiger partial charge in [-0.3, -0.25) is 4.79 Å². The Morgan fingerprint density at radius 2 is 1.49 bits per heavy atom.